The van der Waals surface area contributed by atoms with Gasteiger partial charge in [-0.3, -0.25) is 19.8 Å². The van der Waals surface area contributed by atoms with Gasteiger partial charge in [-0.25, -0.2) is 0 Å². The first-order valence-electron chi connectivity index (χ1n) is 7.82. The van der Waals surface area contributed by atoms with Crippen molar-refractivity contribution in [2.24, 2.45) is 0 Å². The van der Waals surface area contributed by atoms with Crippen LogP contribution in [-0.4, -0.2) is 21.5 Å². The van der Waals surface area contributed by atoms with Gasteiger partial charge in [0.1, 0.15) is 5.57 Å². The maximum absolute atomic E-state index is 12.9. The summed E-state index contributed by atoms with van der Waals surface area (Å²) in [5, 5.41) is 3.18. The third-order valence-corrected chi connectivity index (χ3v) is 4.93. The average Bonchev–Trinajstić information content (AvgIpc) is 3.03. The van der Waals surface area contributed by atoms with E-state index in [0.717, 1.165) is 5.56 Å². The molecule has 1 aromatic carbocycles. The molecule has 0 saturated carbocycles. The van der Waals surface area contributed by atoms with Crippen molar-refractivity contribution in [3.05, 3.63) is 57.8 Å². The van der Waals surface area contributed by atoms with Crippen molar-refractivity contribution < 1.29 is 9.59 Å². The lowest BCUT2D eigenvalue weighted by Crippen LogP contribution is -2.54. The third-order valence-electron chi connectivity index (χ3n) is 3.91. The third kappa shape index (κ3) is 3.53. The lowest BCUT2D eigenvalue weighted by atomic mass is 10.1. The fourth-order valence-corrected chi connectivity index (χ4v) is 3.09. The van der Waals surface area contributed by atoms with Crippen LogP contribution in [0.15, 0.2) is 42.2 Å². The smallest absolute Gasteiger partial charge is 0.270 e. The molecular formula is C18H15Cl2N3O2S. The zero-order valence-corrected chi connectivity index (χ0v) is 16.3. The Kier molecular flexibility index (Phi) is 5.18. The molecule has 8 heteroatoms. The first kappa shape index (κ1) is 18.6. The van der Waals surface area contributed by atoms with Gasteiger partial charge in [-0.15, -0.1) is 0 Å². The molecule has 5 nitrogen and oxygen atoms in total. The molecule has 0 aliphatic carbocycles. The molecule has 0 radical (unpaired) electrons. The van der Waals surface area contributed by atoms with Gasteiger partial charge < -0.3 is 4.57 Å². The van der Waals surface area contributed by atoms with Crippen molar-refractivity contribution in [3.63, 3.8) is 0 Å². The molecule has 1 saturated heterocycles. The molecule has 2 amide bonds. The van der Waals surface area contributed by atoms with E-state index in [2.05, 4.69) is 5.32 Å². The summed E-state index contributed by atoms with van der Waals surface area (Å²) in [6.07, 6.45) is 5.31. The molecule has 1 aliphatic rings. The number of halogens is 2. The molecule has 0 atom stereocenters. The van der Waals surface area contributed by atoms with E-state index >= 15 is 0 Å². The molecule has 1 aliphatic heterocycles. The second kappa shape index (κ2) is 7.23. The predicted octanol–water partition coefficient (Wildman–Crippen LogP) is 4.21. The van der Waals surface area contributed by atoms with Gasteiger partial charge in [-0.05, 0) is 62.0 Å². The Bertz CT molecular complexity index is 950. The minimum atomic E-state index is -0.534. The van der Waals surface area contributed by atoms with Gasteiger partial charge in [0.25, 0.3) is 11.8 Å². The van der Waals surface area contributed by atoms with Crippen molar-refractivity contribution in [1.29, 1.82) is 0 Å². The summed E-state index contributed by atoms with van der Waals surface area (Å²) in [4.78, 5) is 26.4. The highest BCUT2D eigenvalue weighted by Crippen LogP contribution is 2.29. The molecule has 0 unspecified atom stereocenters. The number of nitrogens with one attached hydrogen (secondary N) is 1. The summed E-state index contributed by atoms with van der Waals surface area (Å²) in [6.45, 7) is 4.08. The summed E-state index contributed by atoms with van der Waals surface area (Å²) in [5.74, 6) is -1.05. The molecule has 1 N–H and O–H groups in total. The fourth-order valence-electron chi connectivity index (χ4n) is 2.52. The number of anilines is 1. The van der Waals surface area contributed by atoms with Gasteiger partial charge in [0.15, 0.2) is 5.11 Å². The zero-order valence-electron chi connectivity index (χ0n) is 14.0. The highest BCUT2D eigenvalue weighted by atomic mass is 35.5. The monoisotopic (exact) mass is 407 g/mol. The SMILES string of the molecule is CC(C)n1ccc(/C=C2/C(=O)NC(=S)N(c3ccc(Cl)c(Cl)c3)C2=O)c1. The van der Waals surface area contributed by atoms with E-state index in [9.17, 15) is 9.59 Å². The molecule has 0 spiro atoms. The maximum atomic E-state index is 12.9. The molecule has 134 valence electrons. The number of aromatic nitrogens is 1. The standard InChI is InChI=1S/C18H15Cl2N3O2S/c1-10(2)22-6-5-11(9-22)7-13-16(24)21-18(26)23(17(13)25)12-3-4-14(19)15(20)8-12/h3-10H,1-2H3,(H,21,24,26)/b13-7-. The lowest BCUT2D eigenvalue weighted by Gasteiger charge is -2.29. The van der Waals surface area contributed by atoms with Crippen molar-refractivity contribution >= 4 is 64.1 Å². The van der Waals surface area contributed by atoms with Crippen molar-refractivity contribution in [1.82, 2.24) is 9.88 Å². The van der Waals surface area contributed by atoms with Crippen LogP contribution in [0.4, 0.5) is 5.69 Å². The Labute approximate surface area is 166 Å². The van der Waals surface area contributed by atoms with E-state index in [0.29, 0.717) is 10.7 Å². The number of benzene rings is 1. The first-order chi connectivity index (χ1) is 12.3. The molecule has 2 aromatic rings. The summed E-state index contributed by atoms with van der Waals surface area (Å²) < 4.78 is 1.99. The molecular weight excluding hydrogens is 393 g/mol. The largest absolute Gasteiger partial charge is 0.351 e. The number of carbonyl (C=O) groups is 2. The van der Waals surface area contributed by atoms with E-state index in [1.165, 1.54) is 11.0 Å². The van der Waals surface area contributed by atoms with Crippen molar-refractivity contribution in [3.8, 4) is 0 Å². The van der Waals surface area contributed by atoms with E-state index in [4.69, 9.17) is 35.4 Å². The minimum absolute atomic E-state index is 0.00436. The van der Waals surface area contributed by atoms with Crippen LogP contribution in [0.1, 0.15) is 25.5 Å². The normalized spacial score (nSPS) is 16.6. The number of thiocarbonyl (C=S) groups is 1. The Balaban J connectivity index is 1.99. The maximum Gasteiger partial charge on any atom is 0.270 e. The molecule has 3 rings (SSSR count). The number of hydrogen-bond donors (Lipinski definition) is 1. The van der Waals surface area contributed by atoms with Crippen LogP contribution in [0.2, 0.25) is 10.0 Å². The molecule has 2 heterocycles. The Hall–Kier alpha value is -2.15. The number of hydrogen-bond acceptors (Lipinski definition) is 3. The average molecular weight is 408 g/mol. The van der Waals surface area contributed by atoms with Crippen molar-refractivity contribution in [2.75, 3.05) is 4.90 Å². The van der Waals surface area contributed by atoms with Gasteiger partial charge >= 0.3 is 0 Å². The Morgan fingerprint density at radius 1 is 1.15 bits per heavy atom. The van der Waals surface area contributed by atoms with E-state index in [-0.39, 0.29) is 21.8 Å². The molecule has 1 aromatic heterocycles. The van der Waals surface area contributed by atoms with Crippen LogP contribution in [0.3, 0.4) is 0 Å². The summed E-state index contributed by atoms with van der Waals surface area (Å²) in [5.41, 5.74) is 1.17. The predicted molar refractivity (Wildman–Crippen MR) is 107 cm³/mol. The fraction of sp³-hybridized carbons (Fsp3) is 0.167. The topological polar surface area (TPSA) is 54.3 Å². The van der Waals surface area contributed by atoms with Crippen LogP contribution in [0, 0.1) is 0 Å². The van der Waals surface area contributed by atoms with Crippen LogP contribution in [-0.2, 0) is 9.59 Å². The Morgan fingerprint density at radius 2 is 1.88 bits per heavy atom. The van der Waals surface area contributed by atoms with Crippen molar-refractivity contribution in [2.45, 2.75) is 19.9 Å². The highest BCUT2D eigenvalue weighted by Gasteiger charge is 2.34. The van der Waals surface area contributed by atoms with Gasteiger partial charge in [0.05, 0.1) is 15.7 Å². The van der Waals surface area contributed by atoms with Gasteiger partial charge in [0, 0.05) is 18.4 Å². The van der Waals surface area contributed by atoms with Crippen LogP contribution < -0.4 is 10.2 Å². The molecule has 0 bridgehead atoms. The zero-order chi connectivity index (χ0) is 19.0. The lowest BCUT2D eigenvalue weighted by molar-refractivity contribution is -0.122. The van der Waals surface area contributed by atoms with E-state index in [1.807, 2.05) is 36.9 Å². The number of amides is 2. The van der Waals surface area contributed by atoms with Gasteiger partial charge in [-0.2, -0.15) is 0 Å². The summed E-state index contributed by atoms with van der Waals surface area (Å²) in [7, 11) is 0. The second-order valence-corrected chi connectivity index (χ2v) is 7.24. The van der Waals surface area contributed by atoms with E-state index < -0.39 is 11.8 Å². The second-order valence-electron chi connectivity index (χ2n) is 6.04. The molecule has 1 fully saturated rings. The Morgan fingerprint density at radius 3 is 2.50 bits per heavy atom. The highest BCUT2D eigenvalue weighted by molar-refractivity contribution is 7.80. The van der Waals surface area contributed by atoms with Crippen LogP contribution in [0.25, 0.3) is 6.08 Å². The quantitative estimate of drug-likeness (QED) is 0.470. The first-order valence-corrected chi connectivity index (χ1v) is 8.98. The number of rotatable bonds is 3. The van der Waals surface area contributed by atoms with Crippen LogP contribution >= 0.6 is 35.4 Å². The number of nitrogens with zero attached hydrogens (tertiary/aromatic N) is 2. The number of carbonyl (C=O) groups excluding carboxylic acids is 2. The summed E-state index contributed by atoms with van der Waals surface area (Å²) >= 11 is 17.1. The van der Waals surface area contributed by atoms with E-state index in [1.54, 1.807) is 18.2 Å². The van der Waals surface area contributed by atoms with Gasteiger partial charge in [0.2, 0.25) is 0 Å². The van der Waals surface area contributed by atoms with Gasteiger partial charge in [-0.1, -0.05) is 23.2 Å². The molecule has 26 heavy (non-hydrogen) atoms. The minimum Gasteiger partial charge on any atom is -0.351 e. The summed E-state index contributed by atoms with van der Waals surface area (Å²) in [6, 6.07) is 6.82. The van der Waals surface area contributed by atoms with Crippen LogP contribution in [0.5, 0.6) is 0 Å².